The van der Waals surface area contributed by atoms with E-state index >= 15 is 0 Å². The van der Waals surface area contributed by atoms with Gasteiger partial charge in [-0.2, -0.15) is 0 Å². The molecule has 1 unspecified atom stereocenters. The second kappa shape index (κ2) is 5.25. The molecule has 1 rings (SSSR count). The van der Waals surface area contributed by atoms with Crippen molar-refractivity contribution >= 4 is 5.97 Å². The molecule has 0 saturated carbocycles. The summed E-state index contributed by atoms with van der Waals surface area (Å²) in [5, 5.41) is 9.11. The summed E-state index contributed by atoms with van der Waals surface area (Å²) in [7, 11) is 2.75. The molecule has 0 aromatic heterocycles. The van der Waals surface area contributed by atoms with Crippen molar-refractivity contribution < 1.29 is 23.8 Å². The third kappa shape index (κ3) is 2.12. The van der Waals surface area contributed by atoms with Crippen LogP contribution in [0, 0.1) is 19.7 Å². The van der Waals surface area contributed by atoms with E-state index in [9.17, 15) is 9.18 Å². The Bertz CT molecular complexity index is 483. The van der Waals surface area contributed by atoms with Crippen molar-refractivity contribution in [3.05, 3.63) is 22.5 Å². The Balaban J connectivity index is 3.67. The maximum atomic E-state index is 14.0. The molecule has 0 amide bonds. The average Bonchev–Trinajstić information content (AvgIpc) is 2.33. The Morgan fingerprint density at radius 1 is 1.17 bits per heavy atom. The summed E-state index contributed by atoms with van der Waals surface area (Å²) in [6, 6.07) is 0. The standard InChI is InChI=1S/C13H17FO4/c1-6-9(7(2)13(15)16)11(17-4)8(3)10(14)12(6)18-5/h7H,1-5H3,(H,15,16). The van der Waals surface area contributed by atoms with Gasteiger partial charge in [0.1, 0.15) is 5.75 Å². The highest BCUT2D eigenvalue weighted by molar-refractivity contribution is 5.78. The molecule has 0 radical (unpaired) electrons. The van der Waals surface area contributed by atoms with Gasteiger partial charge in [0.05, 0.1) is 20.1 Å². The highest BCUT2D eigenvalue weighted by Gasteiger charge is 2.27. The summed E-state index contributed by atoms with van der Waals surface area (Å²) in [6.07, 6.45) is 0. The van der Waals surface area contributed by atoms with Crippen LogP contribution in [0.4, 0.5) is 4.39 Å². The van der Waals surface area contributed by atoms with E-state index in [0.29, 0.717) is 11.1 Å². The summed E-state index contributed by atoms with van der Waals surface area (Å²) in [5.74, 6) is -1.98. The first-order chi connectivity index (χ1) is 8.36. The Morgan fingerprint density at radius 2 is 1.67 bits per heavy atom. The fourth-order valence-corrected chi connectivity index (χ4v) is 2.08. The summed E-state index contributed by atoms with van der Waals surface area (Å²) in [4.78, 5) is 11.1. The highest BCUT2D eigenvalue weighted by atomic mass is 19.1. The van der Waals surface area contributed by atoms with Crippen LogP contribution in [0.1, 0.15) is 29.5 Å². The number of carboxylic acid groups (broad SMARTS) is 1. The maximum absolute atomic E-state index is 14.0. The minimum atomic E-state index is -0.996. The van der Waals surface area contributed by atoms with E-state index < -0.39 is 17.7 Å². The molecule has 4 nitrogen and oxygen atoms in total. The van der Waals surface area contributed by atoms with Crippen LogP contribution in [-0.4, -0.2) is 25.3 Å². The molecule has 0 aliphatic rings. The van der Waals surface area contributed by atoms with Crippen molar-refractivity contribution in [2.45, 2.75) is 26.7 Å². The second-order valence-electron chi connectivity index (χ2n) is 4.10. The van der Waals surface area contributed by atoms with Crippen molar-refractivity contribution in [2.24, 2.45) is 0 Å². The predicted molar refractivity (Wildman–Crippen MR) is 65.0 cm³/mol. The molecule has 5 heteroatoms. The molecule has 100 valence electrons. The molecule has 0 aliphatic heterocycles. The number of hydrogen-bond donors (Lipinski definition) is 1. The molecule has 0 saturated heterocycles. The second-order valence-corrected chi connectivity index (χ2v) is 4.10. The van der Waals surface area contributed by atoms with Gasteiger partial charge in [0, 0.05) is 16.7 Å². The molecular formula is C13H17FO4. The van der Waals surface area contributed by atoms with E-state index in [0.717, 1.165) is 0 Å². The van der Waals surface area contributed by atoms with Crippen LogP contribution in [0.5, 0.6) is 11.5 Å². The lowest BCUT2D eigenvalue weighted by Crippen LogP contribution is -2.13. The van der Waals surface area contributed by atoms with Gasteiger partial charge < -0.3 is 14.6 Å². The van der Waals surface area contributed by atoms with Gasteiger partial charge in [-0.1, -0.05) is 0 Å². The van der Waals surface area contributed by atoms with Crippen LogP contribution in [0.2, 0.25) is 0 Å². The molecule has 1 aromatic carbocycles. The Labute approximate surface area is 105 Å². The molecule has 1 N–H and O–H groups in total. The molecule has 1 atom stereocenters. The minimum Gasteiger partial charge on any atom is -0.496 e. The summed E-state index contributed by atoms with van der Waals surface area (Å²) >= 11 is 0. The first kappa shape index (κ1) is 14.3. The molecule has 1 aromatic rings. The van der Waals surface area contributed by atoms with E-state index in [1.165, 1.54) is 28.1 Å². The fraction of sp³-hybridized carbons (Fsp3) is 0.462. The third-order valence-corrected chi connectivity index (χ3v) is 3.07. The number of carboxylic acids is 1. The van der Waals surface area contributed by atoms with Gasteiger partial charge in [0.15, 0.2) is 11.6 Å². The van der Waals surface area contributed by atoms with Gasteiger partial charge in [-0.05, 0) is 20.8 Å². The zero-order valence-corrected chi connectivity index (χ0v) is 11.1. The molecule has 0 fully saturated rings. The lowest BCUT2D eigenvalue weighted by atomic mass is 9.92. The molecule has 0 spiro atoms. The van der Waals surface area contributed by atoms with E-state index in [1.807, 2.05) is 0 Å². The van der Waals surface area contributed by atoms with Gasteiger partial charge in [-0.25, -0.2) is 4.39 Å². The zero-order chi connectivity index (χ0) is 14.0. The molecule has 0 bridgehead atoms. The van der Waals surface area contributed by atoms with E-state index in [-0.39, 0.29) is 17.1 Å². The largest absolute Gasteiger partial charge is 0.496 e. The Kier molecular flexibility index (Phi) is 4.16. The number of benzene rings is 1. The number of carbonyl (C=O) groups is 1. The average molecular weight is 256 g/mol. The maximum Gasteiger partial charge on any atom is 0.310 e. The number of methoxy groups -OCH3 is 2. The number of ether oxygens (including phenoxy) is 2. The first-order valence-electron chi connectivity index (χ1n) is 5.50. The molecule has 0 heterocycles. The number of aliphatic carboxylic acids is 1. The summed E-state index contributed by atoms with van der Waals surface area (Å²) in [6.45, 7) is 4.69. The molecule has 0 aliphatic carbocycles. The van der Waals surface area contributed by atoms with E-state index in [1.54, 1.807) is 6.92 Å². The SMILES string of the molecule is COc1c(C)c(C(C)C(=O)O)c(OC)c(C)c1F. The van der Waals surface area contributed by atoms with Crippen molar-refractivity contribution in [1.82, 2.24) is 0 Å². The van der Waals surface area contributed by atoms with Crippen LogP contribution >= 0.6 is 0 Å². The zero-order valence-electron chi connectivity index (χ0n) is 11.1. The van der Waals surface area contributed by atoms with Crippen molar-refractivity contribution in [2.75, 3.05) is 14.2 Å². The lowest BCUT2D eigenvalue weighted by Gasteiger charge is -2.20. The summed E-state index contributed by atoms with van der Waals surface area (Å²) < 4.78 is 24.2. The van der Waals surface area contributed by atoms with Crippen LogP contribution in [0.15, 0.2) is 0 Å². The topological polar surface area (TPSA) is 55.8 Å². The molecular weight excluding hydrogens is 239 g/mol. The minimum absolute atomic E-state index is 0.0661. The van der Waals surface area contributed by atoms with Gasteiger partial charge in [-0.3, -0.25) is 4.79 Å². The Hall–Kier alpha value is -1.78. The van der Waals surface area contributed by atoms with Crippen molar-refractivity contribution in [3.8, 4) is 11.5 Å². The summed E-state index contributed by atoms with van der Waals surface area (Å²) in [5.41, 5.74) is 1.15. The first-order valence-corrected chi connectivity index (χ1v) is 5.50. The lowest BCUT2D eigenvalue weighted by molar-refractivity contribution is -0.138. The van der Waals surface area contributed by atoms with Gasteiger partial charge >= 0.3 is 5.97 Å². The number of hydrogen-bond acceptors (Lipinski definition) is 3. The predicted octanol–water partition coefficient (Wildman–Crippen LogP) is 2.65. The van der Waals surface area contributed by atoms with Gasteiger partial charge in [-0.15, -0.1) is 0 Å². The fourth-order valence-electron chi connectivity index (χ4n) is 2.08. The van der Waals surface area contributed by atoms with Crippen molar-refractivity contribution in [1.29, 1.82) is 0 Å². The number of halogens is 1. The van der Waals surface area contributed by atoms with Crippen LogP contribution in [0.3, 0.4) is 0 Å². The van der Waals surface area contributed by atoms with E-state index in [2.05, 4.69) is 0 Å². The monoisotopic (exact) mass is 256 g/mol. The quantitative estimate of drug-likeness (QED) is 0.899. The van der Waals surface area contributed by atoms with Crippen LogP contribution in [0.25, 0.3) is 0 Å². The smallest absolute Gasteiger partial charge is 0.310 e. The van der Waals surface area contributed by atoms with Crippen LogP contribution < -0.4 is 9.47 Å². The van der Waals surface area contributed by atoms with Gasteiger partial charge in [0.2, 0.25) is 0 Å². The Morgan fingerprint density at radius 3 is 2.06 bits per heavy atom. The highest BCUT2D eigenvalue weighted by Crippen LogP contribution is 2.40. The van der Waals surface area contributed by atoms with Crippen molar-refractivity contribution in [3.63, 3.8) is 0 Å². The normalized spacial score (nSPS) is 12.1. The van der Waals surface area contributed by atoms with E-state index in [4.69, 9.17) is 14.6 Å². The molecule has 18 heavy (non-hydrogen) atoms. The van der Waals surface area contributed by atoms with Crippen LogP contribution in [-0.2, 0) is 4.79 Å². The number of rotatable bonds is 4. The van der Waals surface area contributed by atoms with Gasteiger partial charge in [0.25, 0.3) is 0 Å². The third-order valence-electron chi connectivity index (χ3n) is 3.07.